The largest absolute Gasteiger partial charge is 0.486 e. The Hall–Kier alpha value is -2.99. The highest BCUT2D eigenvalue weighted by Gasteiger charge is 2.24. The molecular weight excluding hydrogens is 334 g/mol. The van der Waals surface area contributed by atoms with Crippen LogP contribution in [0.1, 0.15) is 16.1 Å². The SMILES string of the molecule is COCc1c(C(=O)NC[C@H]2COc3ccccc3O2)oc2ccccc12. The Labute approximate surface area is 150 Å². The lowest BCUT2D eigenvalue weighted by Crippen LogP contribution is -2.40. The Balaban J connectivity index is 1.47. The van der Waals surface area contributed by atoms with Crippen LogP contribution in [0.25, 0.3) is 11.0 Å². The van der Waals surface area contributed by atoms with Crippen LogP contribution in [0.15, 0.2) is 52.9 Å². The summed E-state index contributed by atoms with van der Waals surface area (Å²) < 4.78 is 22.5. The van der Waals surface area contributed by atoms with Gasteiger partial charge in [-0.25, -0.2) is 0 Å². The third-order valence-electron chi connectivity index (χ3n) is 4.25. The molecule has 6 nitrogen and oxygen atoms in total. The molecule has 2 aromatic carbocycles. The van der Waals surface area contributed by atoms with E-state index in [0.29, 0.717) is 31.1 Å². The van der Waals surface area contributed by atoms with Gasteiger partial charge in [0.1, 0.15) is 18.3 Å². The van der Waals surface area contributed by atoms with Gasteiger partial charge in [0, 0.05) is 18.1 Å². The molecule has 0 bridgehead atoms. The number of para-hydroxylation sites is 3. The number of methoxy groups -OCH3 is 1. The van der Waals surface area contributed by atoms with Crippen LogP contribution in [0.4, 0.5) is 0 Å². The molecule has 0 unspecified atom stereocenters. The molecule has 1 amide bonds. The summed E-state index contributed by atoms with van der Waals surface area (Å²) in [6, 6.07) is 15.0. The molecule has 0 saturated heterocycles. The average molecular weight is 353 g/mol. The molecular formula is C20H19NO5. The Kier molecular flexibility index (Phi) is 4.50. The van der Waals surface area contributed by atoms with Gasteiger partial charge in [0.15, 0.2) is 17.3 Å². The van der Waals surface area contributed by atoms with E-state index in [-0.39, 0.29) is 17.8 Å². The van der Waals surface area contributed by atoms with E-state index in [2.05, 4.69) is 5.32 Å². The molecule has 4 rings (SSSR count). The maximum atomic E-state index is 12.6. The third kappa shape index (κ3) is 3.11. The number of hydrogen-bond acceptors (Lipinski definition) is 5. The van der Waals surface area contributed by atoms with Gasteiger partial charge in [0.25, 0.3) is 5.91 Å². The van der Waals surface area contributed by atoms with Crippen LogP contribution in [-0.4, -0.2) is 32.3 Å². The van der Waals surface area contributed by atoms with Crippen molar-refractivity contribution in [1.29, 1.82) is 0 Å². The van der Waals surface area contributed by atoms with Crippen molar-refractivity contribution in [2.24, 2.45) is 0 Å². The number of benzene rings is 2. The number of hydrogen-bond donors (Lipinski definition) is 1. The molecule has 1 aliphatic heterocycles. The first-order valence-electron chi connectivity index (χ1n) is 8.42. The summed E-state index contributed by atoms with van der Waals surface area (Å²) in [6.45, 7) is 0.995. The van der Waals surface area contributed by atoms with Gasteiger partial charge in [-0.1, -0.05) is 30.3 Å². The predicted octanol–water partition coefficient (Wildman–Crippen LogP) is 3.15. The van der Waals surface area contributed by atoms with Crippen molar-refractivity contribution in [3.05, 3.63) is 59.9 Å². The van der Waals surface area contributed by atoms with Crippen LogP contribution in [0.2, 0.25) is 0 Å². The maximum Gasteiger partial charge on any atom is 0.287 e. The van der Waals surface area contributed by atoms with Gasteiger partial charge in [-0.05, 0) is 18.2 Å². The minimum Gasteiger partial charge on any atom is -0.486 e. The summed E-state index contributed by atoms with van der Waals surface area (Å²) in [6.07, 6.45) is -0.260. The van der Waals surface area contributed by atoms with Crippen molar-refractivity contribution in [3.8, 4) is 11.5 Å². The van der Waals surface area contributed by atoms with E-state index in [1.165, 1.54) is 0 Å². The number of carbonyl (C=O) groups is 1. The zero-order valence-corrected chi connectivity index (χ0v) is 14.4. The summed E-state index contributed by atoms with van der Waals surface area (Å²) >= 11 is 0. The van der Waals surface area contributed by atoms with Gasteiger partial charge in [-0.2, -0.15) is 0 Å². The second-order valence-corrected chi connectivity index (χ2v) is 6.05. The van der Waals surface area contributed by atoms with Crippen LogP contribution in [-0.2, 0) is 11.3 Å². The molecule has 2 heterocycles. The van der Waals surface area contributed by atoms with Gasteiger partial charge in [0.2, 0.25) is 0 Å². The molecule has 6 heteroatoms. The Morgan fingerprint density at radius 2 is 1.92 bits per heavy atom. The summed E-state index contributed by atoms with van der Waals surface area (Å²) in [5, 5.41) is 3.75. The quantitative estimate of drug-likeness (QED) is 0.763. The highest BCUT2D eigenvalue weighted by molar-refractivity contribution is 5.99. The fourth-order valence-electron chi connectivity index (χ4n) is 3.02. The maximum absolute atomic E-state index is 12.6. The van der Waals surface area contributed by atoms with E-state index in [4.69, 9.17) is 18.6 Å². The van der Waals surface area contributed by atoms with E-state index in [1.54, 1.807) is 7.11 Å². The number of furan rings is 1. The molecule has 0 saturated carbocycles. The smallest absolute Gasteiger partial charge is 0.287 e. The van der Waals surface area contributed by atoms with Gasteiger partial charge < -0.3 is 23.9 Å². The molecule has 1 aliphatic rings. The number of amides is 1. The van der Waals surface area contributed by atoms with Crippen molar-refractivity contribution in [3.63, 3.8) is 0 Å². The first kappa shape index (κ1) is 16.5. The van der Waals surface area contributed by atoms with Crippen molar-refractivity contribution in [1.82, 2.24) is 5.32 Å². The van der Waals surface area contributed by atoms with Crippen LogP contribution in [0.3, 0.4) is 0 Å². The van der Waals surface area contributed by atoms with E-state index >= 15 is 0 Å². The highest BCUT2D eigenvalue weighted by atomic mass is 16.6. The number of fused-ring (bicyclic) bond motifs is 2. The van der Waals surface area contributed by atoms with E-state index < -0.39 is 0 Å². The molecule has 1 N–H and O–H groups in total. The molecule has 0 radical (unpaired) electrons. The summed E-state index contributed by atoms with van der Waals surface area (Å²) in [7, 11) is 1.59. The topological polar surface area (TPSA) is 69.9 Å². The van der Waals surface area contributed by atoms with Gasteiger partial charge >= 0.3 is 0 Å². The van der Waals surface area contributed by atoms with Gasteiger partial charge in [-0.15, -0.1) is 0 Å². The van der Waals surface area contributed by atoms with Crippen LogP contribution >= 0.6 is 0 Å². The lowest BCUT2D eigenvalue weighted by atomic mass is 10.1. The highest BCUT2D eigenvalue weighted by Crippen LogP contribution is 2.31. The van der Waals surface area contributed by atoms with Crippen LogP contribution in [0, 0.1) is 0 Å². The van der Waals surface area contributed by atoms with Gasteiger partial charge in [0.05, 0.1) is 13.2 Å². The summed E-state index contributed by atoms with van der Waals surface area (Å²) in [4.78, 5) is 12.6. The molecule has 0 fully saturated rings. The lowest BCUT2D eigenvalue weighted by Gasteiger charge is -2.26. The Morgan fingerprint density at radius 1 is 1.15 bits per heavy atom. The molecule has 0 aliphatic carbocycles. The number of nitrogens with one attached hydrogen (secondary N) is 1. The predicted molar refractivity (Wildman–Crippen MR) is 95.6 cm³/mol. The van der Waals surface area contributed by atoms with Crippen LogP contribution < -0.4 is 14.8 Å². The summed E-state index contributed by atoms with van der Waals surface area (Å²) in [5.74, 6) is 1.37. The molecule has 134 valence electrons. The van der Waals surface area contributed by atoms with Crippen molar-refractivity contribution in [2.45, 2.75) is 12.7 Å². The van der Waals surface area contributed by atoms with Crippen molar-refractivity contribution in [2.75, 3.05) is 20.3 Å². The van der Waals surface area contributed by atoms with Crippen molar-refractivity contribution >= 4 is 16.9 Å². The molecule has 1 aromatic heterocycles. The summed E-state index contributed by atoms with van der Waals surface area (Å²) in [5.41, 5.74) is 1.41. The fourth-order valence-corrected chi connectivity index (χ4v) is 3.02. The minimum atomic E-state index is -0.296. The van der Waals surface area contributed by atoms with Gasteiger partial charge in [-0.3, -0.25) is 4.79 Å². The Morgan fingerprint density at radius 3 is 2.77 bits per heavy atom. The average Bonchev–Trinajstić information content (AvgIpc) is 3.05. The van der Waals surface area contributed by atoms with Crippen molar-refractivity contribution < 1.29 is 23.4 Å². The normalized spacial score (nSPS) is 15.8. The molecule has 0 spiro atoms. The van der Waals surface area contributed by atoms with E-state index in [0.717, 1.165) is 16.7 Å². The van der Waals surface area contributed by atoms with E-state index in [1.807, 2.05) is 48.5 Å². The first-order chi connectivity index (χ1) is 12.8. The fraction of sp³-hybridized carbons (Fsp3) is 0.250. The monoisotopic (exact) mass is 353 g/mol. The zero-order valence-electron chi connectivity index (χ0n) is 14.4. The Bertz CT molecular complexity index is 933. The second-order valence-electron chi connectivity index (χ2n) is 6.05. The molecule has 26 heavy (non-hydrogen) atoms. The molecule has 1 atom stereocenters. The standard InChI is InChI=1S/C20H19NO5/c1-23-12-15-14-6-2-3-7-16(14)26-19(15)20(22)21-10-13-11-24-17-8-4-5-9-18(17)25-13/h2-9,13H,10-12H2,1H3,(H,21,22)/t13-/m0/s1. The zero-order chi connectivity index (χ0) is 17.9. The lowest BCUT2D eigenvalue weighted by molar-refractivity contribution is 0.0771. The molecule has 3 aromatic rings. The number of ether oxygens (including phenoxy) is 3. The first-order valence-corrected chi connectivity index (χ1v) is 8.42. The second kappa shape index (κ2) is 7.09. The van der Waals surface area contributed by atoms with Crippen LogP contribution in [0.5, 0.6) is 11.5 Å². The third-order valence-corrected chi connectivity index (χ3v) is 4.25. The van der Waals surface area contributed by atoms with E-state index in [9.17, 15) is 4.79 Å². The minimum absolute atomic E-state index is 0.260. The number of carbonyl (C=O) groups excluding carboxylic acids is 1. The number of rotatable bonds is 5.